The summed E-state index contributed by atoms with van der Waals surface area (Å²) in [6, 6.07) is 10.6. The van der Waals surface area contributed by atoms with Crippen LogP contribution in [0.15, 0.2) is 48.5 Å². The van der Waals surface area contributed by atoms with Gasteiger partial charge in [-0.1, -0.05) is 12.1 Å². The van der Waals surface area contributed by atoms with Crippen molar-refractivity contribution in [1.82, 2.24) is 10.2 Å². The summed E-state index contributed by atoms with van der Waals surface area (Å²) in [4.78, 5) is 26.1. The Morgan fingerprint density at radius 3 is 2.28 bits per heavy atom. The first-order valence-corrected chi connectivity index (χ1v) is 9.14. The number of halogens is 3. The fourth-order valence-corrected chi connectivity index (χ4v) is 2.62. The van der Waals surface area contributed by atoms with Gasteiger partial charge in [-0.2, -0.15) is 13.2 Å². The number of hydrogen-bond donors (Lipinski definition) is 1. The molecule has 1 N–H and O–H groups in total. The van der Waals surface area contributed by atoms with E-state index in [1.54, 1.807) is 25.1 Å². The van der Waals surface area contributed by atoms with E-state index in [1.807, 2.05) is 13.8 Å². The van der Waals surface area contributed by atoms with Crippen LogP contribution in [0.25, 0.3) is 0 Å². The van der Waals surface area contributed by atoms with Gasteiger partial charge in [-0.15, -0.1) is 0 Å². The number of rotatable bonds is 7. The minimum atomic E-state index is -4.48. The van der Waals surface area contributed by atoms with Gasteiger partial charge < -0.3 is 15.0 Å². The van der Waals surface area contributed by atoms with Crippen molar-refractivity contribution in [2.75, 3.05) is 13.1 Å². The molecule has 0 spiro atoms. The van der Waals surface area contributed by atoms with E-state index < -0.39 is 11.7 Å². The number of likely N-dealkylation sites (N-methyl/N-ethyl adjacent to an activating group) is 1. The van der Waals surface area contributed by atoms with Crippen LogP contribution in [0.5, 0.6) is 11.5 Å². The molecule has 0 unspecified atom stereocenters. The zero-order valence-corrected chi connectivity index (χ0v) is 16.4. The summed E-state index contributed by atoms with van der Waals surface area (Å²) in [5, 5.41) is 2.73. The number of alkyl halides is 3. The molecule has 0 fully saturated rings. The minimum absolute atomic E-state index is 0.00748. The van der Waals surface area contributed by atoms with Gasteiger partial charge >= 0.3 is 6.18 Å². The number of hydrogen-bond acceptors (Lipinski definition) is 3. The molecule has 2 amide bonds. The summed E-state index contributed by atoms with van der Waals surface area (Å²) in [5.41, 5.74) is -0.552. The highest BCUT2D eigenvalue weighted by atomic mass is 19.4. The Morgan fingerprint density at radius 2 is 1.69 bits per heavy atom. The summed E-state index contributed by atoms with van der Waals surface area (Å²) in [7, 11) is 0. The normalized spacial score (nSPS) is 11.3. The van der Waals surface area contributed by atoms with E-state index in [2.05, 4.69) is 5.32 Å². The standard InChI is InChI=1S/C21H23F3N2O3/c1-4-26(13-19(27)25-14(2)3)20(28)15-7-5-9-17(11-15)29-18-10-6-8-16(12-18)21(22,23)24/h5-12,14H,4,13H2,1-3H3,(H,25,27). The molecule has 0 aromatic heterocycles. The van der Waals surface area contributed by atoms with Gasteiger partial charge in [0.25, 0.3) is 5.91 Å². The topological polar surface area (TPSA) is 58.6 Å². The van der Waals surface area contributed by atoms with Gasteiger partial charge in [0.05, 0.1) is 12.1 Å². The molecule has 2 aromatic rings. The van der Waals surface area contributed by atoms with Crippen molar-refractivity contribution in [3.05, 3.63) is 59.7 Å². The smallest absolute Gasteiger partial charge is 0.416 e. The number of nitrogens with zero attached hydrogens (tertiary/aromatic N) is 1. The van der Waals surface area contributed by atoms with E-state index in [9.17, 15) is 22.8 Å². The molecule has 0 aliphatic heterocycles. The molecule has 0 atom stereocenters. The molecule has 2 aromatic carbocycles. The number of ether oxygens (including phenoxy) is 1. The lowest BCUT2D eigenvalue weighted by Gasteiger charge is -2.21. The van der Waals surface area contributed by atoms with Crippen LogP contribution in [0.3, 0.4) is 0 Å². The van der Waals surface area contributed by atoms with Crippen LogP contribution in [0.1, 0.15) is 36.7 Å². The summed E-state index contributed by atoms with van der Waals surface area (Å²) in [5.74, 6) is -0.418. The Bertz CT molecular complexity index is 866. The third-order valence-electron chi connectivity index (χ3n) is 3.93. The number of nitrogens with one attached hydrogen (secondary N) is 1. The quantitative estimate of drug-likeness (QED) is 0.735. The third-order valence-corrected chi connectivity index (χ3v) is 3.93. The predicted octanol–water partition coefficient (Wildman–Crippen LogP) is 4.48. The van der Waals surface area contributed by atoms with Crippen LogP contribution < -0.4 is 10.1 Å². The number of benzene rings is 2. The van der Waals surface area contributed by atoms with Gasteiger partial charge in [0.15, 0.2) is 0 Å². The lowest BCUT2D eigenvalue weighted by atomic mass is 10.1. The third kappa shape index (κ3) is 6.51. The Kier molecular flexibility index (Phi) is 7.25. The molecule has 29 heavy (non-hydrogen) atoms. The van der Waals surface area contributed by atoms with Gasteiger partial charge in [-0.05, 0) is 57.2 Å². The highest BCUT2D eigenvalue weighted by Crippen LogP contribution is 2.32. The maximum absolute atomic E-state index is 12.8. The Balaban J connectivity index is 2.16. The summed E-state index contributed by atoms with van der Waals surface area (Å²) < 4.78 is 44.1. The first-order valence-electron chi connectivity index (χ1n) is 9.14. The zero-order chi connectivity index (χ0) is 21.6. The van der Waals surface area contributed by atoms with Crippen LogP contribution in [0.2, 0.25) is 0 Å². The monoisotopic (exact) mass is 408 g/mol. The molecule has 156 valence electrons. The van der Waals surface area contributed by atoms with Crippen molar-refractivity contribution >= 4 is 11.8 Å². The fraction of sp³-hybridized carbons (Fsp3) is 0.333. The largest absolute Gasteiger partial charge is 0.457 e. The van der Waals surface area contributed by atoms with Gasteiger partial charge in [0, 0.05) is 18.2 Å². The molecule has 0 radical (unpaired) electrons. The lowest BCUT2D eigenvalue weighted by Crippen LogP contribution is -2.42. The second-order valence-corrected chi connectivity index (χ2v) is 6.70. The summed E-state index contributed by atoms with van der Waals surface area (Å²) >= 11 is 0. The molecule has 0 saturated heterocycles. The minimum Gasteiger partial charge on any atom is -0.457 e. The lowest BCUT2D eigenvalue weighted by molar-refractivity contribution is -0.137. The van der Waals surface area contributed by atoms with Crippen LogP contribution in [0.4, 0.5) is 13.2 Å². The zero-order valence-electron chi connectivity index (χ0n) is 16.4. The van der Waals surface area contributed by atoms with Crippen LogP contribution in [-0.2, 0) is 11.0 Å². The maximum atomic E-state index is 12.8. The van der Waals surface area contributed by atoms with Gasteiger partial charge in [0.2, 0.25) is 5.91 Å². The van der Waals surface area contributed by atoms with E-state index in [-0.39, 0.29) is 41.5 Å². The van der Waals surface area contributed by atoms with E-state index in [0.29, 0.717) is 6.54 Å². The van der Waals surface area contributed by atoms with Gasteiger partial charge in [0.1, 0.15) is 11.5 Å². The summed E-state index contributed by atoms with van der Waals surface area (Å²) in [6.07, 6.45) is -4.48. The molecule has 5 nitrogen and oxygen atoms in total. The second-order valence-electron chi connectivity index (χ2n) is 6.70. The van der Waals surface area contributed by atoms with E-state index in [0.717, 1.165) is 12.1 Å². The van der Waals surface area contributed by atoms with Crippen molar-refractivity contribution in [2.24, 2.45) is 0 Å². The van der Waals surface area contributed by atoms with Gasteiger partial charge in [-0.3, -0.25) is 9.59 Å². The van der Waals surface area contributed by atoms with Crippen molar-refractivity contribution in [1.29, 1.82) is 0 Å². The van der Waals surface area contributed by atoms with Crippen LogP contribution >= 0.6 is 0 Å². The molecule has 2 rings (SSSR count). The molecule has 0 heterocycles. The molecule has 0 saturated carbocycles. The molecule has 0 bridgehead atoms. The maximum Gasteiger partial charge on any atom is 0.416 e. The van der Waals surface area contributed by atoms with E-state index in [4.69, 9.17) is 4.74 Å². The average Bonchev–Trinajstić information content (AvgIpc) is 2.65. The highest BCUT2D eigenvalue weighted by molar-refractivity contribution is 5.96. The Morgan fingerprint density at radius 1 is 1.07 bits per heavy atom. The second kappa shape index (κ2) is 9.45. The molecule has 0 aliphatic rings. The molecular formula is C21H23F3N2O3. The van der Waals surface area contributed by atoms with Gasteiger partial charge in [-0.25, -0.2) is 0 Å². The molecule has 8 heteroatoms. The van der Waals surface area contributed by atoms with Crippen molar-refractivity contribution in [3.8, 4) is 11.5 Å². The average molecular weight is 408 g/mol. The SMILES string of the molecule is CCN(CC(=O)NC(C)C)C(=O)c1cccc(Oc2cccc(C(F)(F)F)c2)c1. The highest BCUT2D eigenvalue weighted by Gasteiger charge is 2.30. The van der Waals surface area contributed by atoms with Crippen LogP contribution in [-0.4, -0.2) is 35.8 Å². The first kappa shape index (κ1) is 22.3. The van der Waals surface area contributed by atoms with E-state index in [1.165, 1.54) is 23.1 Å². The van der Waals surface area contributed by atoms with Crippen LogP contribution in [0, 0.1) is 0 Å². The molecular weight excluding hydrogens is 385 g/mol. The number of amides is 2. The van der Waals surface area contributed by atoms with Crippen molar-refractivity contribution in [3.63, 3.8) is 0 Å². The first-order chi connectivity index (χ1) is 13.6. The van der Waals surface area contributed by atoms with Crippen molar-refractivity contribution in [2.45, 2.75) is 33.0 Å². The Hall–Kier alpha value is -3.03. The van der Waals surface area contributed by atoms with E-state index >= 15 is 0 Å². The number of carbonyl (C=O) groups is 2. The number of carbonyl (C=O) groups excluding carboxylic acids is 2. The predicted molar refractivity (Wildman–Crippen MR) is 103 cm³/mol. The van der Waals surface area contributed by atoms with Crippen molar-refractivity contribution < 1.29 is 27.5 Å². The fourth-order valence-electron chi connectivity index (χ4n) is 2.62. The molecule has 0 aliphatic carbocycles. The summed E-state index contributed by atoms with van der Waals surface area (Å²) in [6.45, 7) is 5.63. The Labute approximate surface area is 167 Å².